The molecule has 112 valence electrons. The van der Waals surface area contributed by atoms with Gasteiger partial charge in [0.1, 0.15) is 0 Å². The Bertz CT molecular complexity index is 448. The van der Waals surface area contributed by atoms with Gasteiger partial charge >= 0.3 is 0 Å². The molecule has 3 atom stereocenters. The molecule has 3 nitrogen and oxygen atoms in total. The fourth-order valence-electron chi connectivity index (χ4n) is 3.21. The molecule has 0 aromatic heterocycles. The molecular formula is C17H28N2O. The van der Waals surface area contributed by atoms with Crippen LogP contribution in [0.25, 0.3) is 0 Å². The van der Waals surface area contributed by atoms with Crippen molar-refractivity contribution in [3.8, 4) is 0 Å². The standard InChI is InChI=1S/C17H28N2O/c1-12-6-7-16(13(2)8-12)17(20)11-19-9-14(3)18(5)15(4)10-19/h6-8,14-15,17,20H,9-11H2,1-5H3. The Kier molecular flexibility index (Phi) is 4.84. The molecule has 3 unspecified atom stereocenters. The Morgan fingerprint density at radius 2 is 1.80 bits per heavy atom. The summed E-state index contributed by atoms with van der Waals surface area (Å²) in [6, 6.07) is 7.39. The monoisotopic (exact) mass is 276 g/mol. The second-order valence-corrected chi connectivity index (χ2v) is 6.46. The summed E-state index contributed by atoms with van der Waals surface area (Å²) in [7, 11) is 2.19. The Labute approximate surface area is 123 Å². The second-order valence-electron chi connectivity index (χ2n) is 6.46. The highest BCUT2D eigenvalue weighted by atomic mass is 16.3. The van der Waals surface area contributed by atoms with Crippen LogP contribution in [0, 0.1) is 13.8 Å². The zero-order chi connectivity index (χ0) is 14.9. The van der Waals surface area contributed by atoms with Gasteiger partial charge in [-0.25, -0.2) is 0 Å². The van der Waals surface area contributed by atoms with Gasteiger partial charge in [0, 0.05) is 31.7 Å². The lowest BCUT2D eigenvalue weighted by Gasteiger charge is -2.43. The van der Waals surface area contributed by atoms with E-state index in [2.05, 4.69) is 62.7 Å². The lowest BCUT2D eigenvalue weighted by Crippen LogP contribution is -2.55. The zero-order valence-corrected chi connectivity index (χ0v) is 13.4. The molecule has 2 rings (SSSR count). The van der Waals surface area contributed by atoms with Crippen molar-refractivity contribution in [3.63, 3.8) is 0 Å². The second kappa shape index (κ2) is 6.25. The highest BCUT2D eigenvalue weighted by molar-refractivity contribution is 5.32. The summed E-state index contributed by atoms with van der Waals surface area (Å²) < 4.78 is 0. The van der Waals surface area contributed by atoms with E-state index >= 15 is 0 Å². The van der Waals surface area contributed by atoms with E-state index < -0.39 is 6.10 Å². The largest absolute Gasteiger partial charge is 0.387 e. The van der Waals surface area contributed by atoms with Gasteiger partial charge in [-0.2, -0.15) is 0 Å². The van der Waals surface area contributed by atoms with Gasteiger partial charge in [0.15, 0.2) is 0 Å². The van der Waals surface area contributed by atoms with E-state index in [9.17, 15) is 5.11 Å². The number of benzene rings is 1. The van der Waals surface area contributed by atoms with Crippen LogP contribution in [0.15, 0.2) is 18.2 Å². The minimum absolute atomic E-state index is 0.390. The van der Waals surface area contributed by atoms with Crippen molar-refractivity contribution in [1.82, 2.24) is 9.80 Å². The van der Waals surface area contributed by atoms with Crippen LogP contribution in [-0.2, 0) is 0 Å². The van der Waals surface area contributed by atoms with Crippen LogP contribution >= 0.6 is 0 Å². The number of nitrogens with zero attached hydrogens (tertiary/aromatic N) is 2. The SMILES string of the molecule is Cc1ccc(C(O)CN2CC(C)N(C)C(C)C2)c(C)c1. The van der Waals surface area contributed by atoms with Crippen LogP contribution in [-0.4, -0.2) is 53.7 Å². The van der Waals surface area contributed by atoms with E-state index in [-0.39, 0.29) is 0 Å². The molecule has 0 saturated carbocycles. The summed E-state index contributed by atoms with van der Waals surface area (Å²) in [4.78, 5) is 4.80. The van der Waals surface area contributed by atoms with Gasteiger partial charge in [-0.1, -0.05) is 23.8 Å². The van der Waals surface area contributed by atoms with E-state index in [1.54, 1.807) is 0 Å². The van der Waals surface area contributed by atoms with Gasteiger partial charge in [0.25, 0.3) is 0 Å². The fraction of sp³-hybridized carbons (Fsp3) is 0.647. The number of aliphatic hydroxyl groups excluding tert-OH is 1. The number of hydrogen-bond acceptors (Lipinski definition) is 3. The van der Waals surface area contributed by atoms with Crippen molar-refractivity contribution in [3.05, 3.63) is 34.9 Å². The molecule has 1 aromatic carbocycles. The Morgan fingerprint density at radius 3 is 2.35 bits per heavy atom. The van der Waals surface area contributed by atoms with E-state index in [0.29, 0.717) is 12.1 Å². The maximum absolute atomic E-state index is 10.5. The van der Waals surface area contributed by atoms with Crippen LogP contribution in [0.2, 0.25) is 0 Å². The fourth-order valence-corrected chi connectivity index (χ4v) is 3.21. The first kappa shape index (κ1) is 15.5. The van der Waals surface area contributed by atoms with Gasteiger partial charge in [-0.3, -0.25) is 9.80 Å². The number of hydrogen-bond donors (Lipinski definition) is 1. The summed E-state index contributed by atoms with van der Waals surface area (Å²) in [6.45, 7) is 11.5. The third-order valence-electron chi connectivity index (χ3n) is 4.65. The number of aryl methyl sites for hydroxylation is 2. The molecule has 1 N–H and O–H groups in total. The van der Waals surface area contributed by atoms with Crippen LogP contribution in [0.3, 0.4) is 0 Å². The van der Waals surface area contributed by atoms with Crippen molar-refractivity contribution in [2.24, 2.45) is 0 Å². The molecule has 0 spiro atoms. The molecular weight excluding hydrogens is 248 g/mol. The minimum atomic E-state index is -0.390. The third kappa shape index (κ3) is 3.40. The zero-order valence-electron chi connectivity index (χ0n) is 13.4. The lowest BCUT2D eigenvalue weighted by atomic mass is 10.00. The maximum Gasteiger partial charge on any atom is 0.0919 e. The first-order chi connectivity index (χ1) is 9.38. The van der Waals surface area contributed by atoms with E-state index in [0.717, 1.165) is 25.2 Å². The van der Waals surface area contributed by atoms with Crippen LogP contribution in [0.4, 0.5) is 0 Å². The number of aliphatic hydroxyl groups is 1. The topological polar surface area (TPSA) is 26.7 Å². The first-order valence-corrected chi connectivity index (χ1v) is 7.58. The highest BCUT2D eigenvalue weighted by Crippen LogP contribution is 2.22. The first-order valence-electron chi connectivity index (χ1n) is 7.58. The van der Waals surface area contributed by atoms with E-state index in [1.165, 1.54) is 11.1 Å². The summed E-state index contributed by atoms with van der Waals surface area (Å²) in [5.74, 6) is 0. The van der Waals surface area contributed by atoms with Crippen molar-refractivity contribution >= 4 is 0 Å². The lowest BCUT2D eigenvalue weighted by molar-refractivity contribution is 0.0280. The minimum Gasteiger partial charge on any atom is -0.387 e. The van der Waals surface area contributed by atoms with E-state index in [4.69, 9.17) is 0 Å². The molecule has 1 saturated heterocycles. The maximum atomic E-state index is 10.5. The van der Waals surface area contributed by atoms with Crippen molar-refractivity contribution < 1.29 is 5.11 Å². The Balaban J connectivity index is 2.02. The molecule has 0 amide bonds. The predicted molar refractivity (Wildman–Crippen MR) is 84.0 cm³/mol. The number of piperazine rings is 1. The van der Waals surface area contributed by atoms with Gasteiger partial charge in [0.2, 0.25) is 0 Å². The summed E-state index contributed by atoms with van der Waals surface area (Å²) >= 11 is 0. The van der Waals surface area contributed by atoms with Gasteiger partial charge < -0.3 is 5.11 Å². The molecule has 1 aromatic rings. The molecule has 1 aliphatic rings. The highest BCUT2D eigenvalue weighted by Gasteiger charge is 2.27. The summed E-state index contributed by atoms with van der Waals surface area (Å²) in [6.07, 6.45) is -0.390. The smallest absolute Gasteiger partial charge is 0.0919 e. The normalized spacial score (nSPS) is 26.7. The molecule has 3 heteroatoms. The number of likely N-dealkylation sites (N-methyl/N-ethyl adjacent to an activating group) is 1. The molecule has 0 aliphatic carbocycles. The number of rotatable bonds is 3. The van der Waals surface area contributed by atoms with Gasteiger partial charge in [0.05, 0.1) is 6.10 Å². The summed E-state index contributed by atoms with van der Waals surface area (Å²) in [5.41, 5.74) is 3.50. The summed E-state index contributed by atoms with van der Waals surface area (Å²) in [5, 5.41) is 10.5. The van der Waals surface area contributed by atoms with Crippen molar-refractivity contribution in [2.45, 2.75) is 45.9 Å². The van der Waals surface area contributed by atoms with Crippen LogP contribution in [0.5, 0.6) is 0 Å². The molecule has 20 heavy (non-hydrogen) atoms. The molecule has 1 aliphatic heterocycles. The van der Waals surface area contributed by atoms with Crippen molar-refractivity contribution in [2.75, 3.05) is 26.7 Å². The predicted octanol–water partition coefficient (Wildman–Crippen LogP) is 2.36. The van der Waals surface area contributed by atoms with Gasteiger partial charge in [-0.15, -0.1) is 0 Å². The molecule has 0 bridgehead atoms. The van der Waals surface area contributed by atoms with Crippen LogP contribution < -0.4 is 0 Å². The van der Waals surface area contributed by atoms with Crippen LogP contribution in [0.1, 0.15) is 36.6 Å². The quantitative estimate of drug-likeness (QED) is 0.918. The molecule has 0 radical (unpaired) electrons. The van der Waals surface area contributed by atoms with Crippen molar-refractivity contribution in [1.29, 1.82) is 0 Å². The average Bonchev–Trinajstić information content (AvgIpc) is 2.35. The Morgan fingerprint density at radius 1 is 1.20 bits per heavy atom. The molecule has 1 heterocycles. The van der Waals surface area contributed by atoms with Gasteiger partial charge in [-0.05, 0) is 45.9 Å². The number of β-amino-alcohol motifs (C(OH)–C–C–N with tert-alkyl or cyclic N) is 1. The third-order valence-corrected chi connectivity index (χ3v) is 4.65. The Hall–Kier alpha value is -0.900. The average molecular weight is 276 g/mol. The molecule has 1 fully saturated rings. The van der Waals surface area contributed by atoms with E-state index in [1.807, 2.05) is 0 Å².